The highest BCUT2D eigenvalue weighted by Gasteiger charge is 2.00. The first kappa shape index (κ1) is 14.1. The van der Waals surface area contributed by atoms with Crippen LogP contribution in [0.1, 0.15) is 32.4 Å². The van der Waals surface area contributed by atoms with Crippen molar-refractivity contribution < 1.29 is 0 Å². The second kappa shape index (κ2) is 8.20. The van der Waals surface area contributed by atoms with Gasteiger partial charge < -0.3 is 10.2 Å². The van der Waals surface area contributed by atoms with E-state index in [1.807, 2.05) is 18.3 Å². The van der Waals surface area contributed by atoms with E-state index in [1.165, 1.54) is 12.8 Å². The van der Waals surface area contributed by atoms with E-state index in [1.54, 1.807) is 0 Å². The highest BCUT2D eigenvalue weighted by molar-refractivity contribution is 5.02. The number of rotatable bonds is 8. The van der Waals surface area contributed by atoms with Crippen LogP contribution in [0, 0.1) is 0 Å². The molecule has 3 heteroatoms. The zero-order valence-electron chi connectivity index (χ0n) is 11.3. The van der Waals surface area contributed by atoms with Gasteiger partial charge in [0, 0.05) is 18.8 Å². The molecule has 0 aliphatic heterocycles. The monoisotopic (exact) mass is 235 g/mol. The lowest BCUT2D eigenvalue weighted by molar-refractivity contribution is 0.313. The fourth-order valence-electron chi connectivity index (χ4n) is 1.74. The van der Waals surface area contributed by atoms with Gasteiger partial charge in [0.25, 0.3) is 0 Å². The smallest absolute Gasteiger partial charge is 0.0543 e. The zero-order valence-corrected chi connectivity index (χ0v) is 11.3. The Morgan fingerprint density at radius 3 is 2.76 bits per heavy atom. The van der Waals surface area contributed by atoms with E-state index >= 15 is 0 Å². The van der Waals surface area contributed by atoms with Gasteiger partial charge in [0.05, 0.1) is 5.69 Å². The van der Waals surface area contributed by atoms with Crippen LogP contribution in [0.4, 0.5) is 0 Å². The number of aromatic nitrogens is 1. The molecule has 0 amide bonds. The molecule has 0 aliphatic rings. The van der Waals surface area contributed by atoms with Crippen molar-refractivity contribution in [1.29, 1.82) is 0 Å². The van der Waals surface area contributed by atoms with Crippen LogP contribution in [0.25, 0.3) is 0 Å². The van der Waals surface area contributed by atoms with Crippen LogP contribution < -0.4 is 5.32 Å². The number of pyridine rings is 1. The Morgan fingerprint density at radius 1 is 1.29 bits per heavy atom. The Hall–Kier alpha value is -0.930. The summed E-state index contributed by atoms with van der Waals surface area (Å²) < 4.78 is 0. The molecule has 0 unspecified atom stereocenters. The Balaban J connectivity index is 2.07. The quantitative estimate of drug-likeness (QED) is 0.701. The molecule has 1 heterocycles. The van der Waals surface area contributed by atoms with Gasteiger partial charge in [0.1, 0.15) is 0 Å². The first-order valence-corrected chi connectivity index (χ1v) is 6.50. The Bertz CT molecular complexity index is 285. The third kappa shape index (κ3) is 7.08. The minimum Gasteiger partial charge on any atom is -0.315 e. The number of nitrogens with zero attached hydrogens (tertiary/aromatic N) is 2. The van der Waals surface area contributed by atoms with E-state index in [2.05, 4.69) is 42.2 Å². The van der Waals surface area contributed by atoms with Crippen molar-refractivity contribution in [3.8, 4) is 0 Å². The van der Waals surface area contributed by atoms with Gasteiger partial charge in [0.15, 0.2) is 0 Å². The van der Waals surface area contributed by atoms with Crippen molar-refractivity contribution in [1.82, 2.24) is 15.2 Å². The average Bonchev–Trinajstić information content (AvgIpc) is 2.29. The Kier molecular flexibility index (Phi) is 6.82. The van der Waals surface area contributed by atoms with Gasteiger partial charge in [-0.05, 0) is 45.1 Å². The fourth-order valence-corrected chi connectivity index (χ4v) is 1.74. The standard InChI is InChI=1S/C14H25N3/c1-13(2)15-9-6-7-11-17(3)12-14-8-4-5-10-16-14/h4-5,8,10,13,15H,6-7,9,11-12H2,1-3H3. The first-order valence-electron chi connectivity index (χ1n) is 6.50. The second-order valence-corrected chi connectivity index (χ2v) is 4.87. The predicted molar refractivity (Wildman–Crippen MR) is 72.9 cm³/mol. The molecular formula is C14H25N3. The SMILES string of the molecule is CC(C)NCCCCN(C)Cc1ccccn1. The molecule has 0 atom stereocenters. The van der Waals surface area contributed by atoms with Crippen LogP contribution in [0.2, 0.25) is 0 Å². The molecule has 1 rings (SSSR count). The van der Waals surface area contributed by atoms with Gasteiger partial charge >= 0.3 is 0 Å². The lowest BCUT2D eigenvalue weighted by Crippen LogP contribution is -2.25. The van der Waals surface area contributed by atoms with Crippen molar-refractivity contribution in [2.75, 3.05) is 20.1 Å². The second-order valence-electron chi connectivity index (χ2n) is 4.87. The molecule has 0 aromatic carbocycles. The van der Waals surface area contributed by atoms with E-state index in [4.69, 9.17) is 0 Å². The van der Waals surface area contributed by atoms with Gasteiger partial charge in [-0.3, -0.25) is 4.98 Å². The maximum absolute atomic E-state index is 4.33. The summed E-state index contributed by atoms with van der Waals surface area (Å²) in [6.07, 6.45) is 4.34. The summed E-state index contributed by atoms with van der Waals surface area (Å²) in [5, 5.41) is 3.44. The molecule has 0 fully saturated rings. The molecule has 0 aliphatic carbocycles. The van der Waals surface area contributed by atoms with Crippen molar-refractivity contribution in [2.24, 2.45) is 0 Å². The number of nitrogens with one attached hydrogen (secondary N) is 1. The molecule has 1 aromatic rings. The van der Waals surface area contributed by atoms with Crippen LogP contribution in [-0.4, -0.2) is 36.1 Å². The number of hydrogen-bond donors (Lipinski definition) is 1. The van der Waals surface area contributed by atoms with Crippen LogP contribution in [0.3, 0.4) is 0 Å². The van der Waals surface area contributed by atoms with Gasteiger partial charge in [-0.25, -0.2) is 0 Å². The predicted octanol–water partition coefficient (Wildman–Crippen LogP) is 2.29. The third-order valence-electron chi connectivity index (χ3n) is 2.68. The lowest BCUT2D eigenvalue weighted by Gasteiger charge is -2.16. The summed E-state index contributed by atoms with van der Waals surface area (Å²) in [7, 11) is 2.16. The molecule has 0 spiro atoms. The Morgan fingerprint density at radius 2 is 2.12 bits per heavy atom. The summed E-state index contributed by atoms with van der Waals surface area (Å²) in [5.41, 5.74) is 1.15. The molecule has 17 heavy (non-hydrogen) atoms. The van der Waals surface area contributed by atoms with E-state index < -0.39 is 0 Å². The number of hydrogen-bond acceptors (Lipinski definition) is 3. The summed E-state index contributed by atoms with van der Waals surface area (Å²) in [5.74, 6) is 0. The molecular weight excluding hydrogens is 210 g/mol. The van der Waals surface area contributed by atoms with Crippen LogP contribution in [-0.2, 0) is 6.54 Å². The van der Waals surface area contributed by atoms with Crippen molar-refractivity contribution in [3.63, 3.8) is 0 Å². The van der Waals surface area contributed by atoms with Gasteiger partial charge in [0.2, 0.25) is 0 Å². The minimum absolute atomic E-state index is 0.598. The normalized spacial score (nSPS) is 11.4. The molecule has 0 bridgehead atoms. The maximum atomic E-state index is 4.33. The fraction of sp³-hybridized carbons (Fsp3) is 0.643. The summed E-state index contributed by atoms with van der Waals surface area (Å²) in [4.78, 5) is 6.66. The maximum Gasteiger partial charge on any atom is 0.0543 e. The highest BCUT2D eigenvalue weighted by Crippen LogP contribution is 2.00. The highest BCUT2D eigenvalue weighted by atomic mass is 15.1. The Labute approximate surface area is 105 Å². The van der Waals surface area contributed by atoms with Crippen LogP contribution in [0.5, 0.6) is 0 Å². The lowest BCUT2D eigenvalue weighted by atomic mass is 10.2. The molecule has 96 valence electrons. The molecule has 1 aromatic heterocycles. The van der Waals surface area contributed by atoms with Crippen molar-refractivity contribution in [2.45, 2.75) is 39.3 Å². The van der Waals surface area contributed by atoms with Gasteiger partial charge in [-0.1, -0.05) is 19.9 Å². The van der Waals surface area contributed by atoms with Gasteiger partial charge in [-0.2, -0.15) is 0 Å². The van der Waals surface area contributed by atoms with E-state index in [-0.39, 0.29) is 0 Å². The van der Waals surface area contributed by atoms with Crippen LogP contribution >= 0.6 is 0 Å². The number of unbranched alkanes of at least 4 members (excludes halogenated alkanes) is 1. The summed E-state index contributed by atoms with van der Waals surface area (Å²) in [6, 6.07) is 6.68. The summed E-state index contributed by atoms with van der Waals surface area (Å²) >= 11 is 0. The van der Waals surface area contributed by atoms with E-state index in [9.17, 15) is 0 Å². The summed E-state index contributed by atoms with van der Waals surface area (Å²) in [6.45, 7) is 7.57. The van der Waals surface area contributed by atoms with Gasteiger partial charge in [-0.15, -0.1) is 0 Å². The molecule has 0 saturated carbocycles. The zero-order chi connectivity index (χ0) is 12.5. The topological polar surface area (TPSA) is 28.2 Å². The molecule has 1 N–H and O–H groups in total. The molecule has 0 saturated heterocycles. The van der Waals surface area contributed by atoms with Crippen molar-refractivity contribution in [3.05, 3.63) is 30.1 Å². The van der Waals surface area contributed by atoms with E-state index in [0.717, 1.165) is 25.3 Å². The van der Waals surface area contributed by atoms with Crippen LogP contribution in [0.15, 0.2) is 24.4 Å². The minimum atomic E-state index is 0.598. The third-order valence-corrected chi connectivity index (χ3v) is 2.68. The van der Waals surface area contributed by atoms with E-state index in [0.29, 0.717) is 6.04 Å². The molecule has 3 nitrogen and oxygen atoms in total. The van der Waals surface area contributed by atoms with Crippen molar-refractivity contribution >= 4 is 0 Å². The largest absolute Gasteiger partial charge is 0.315 e. The molecule has 0 radical (unpaired) electrons. The average molecular weight is 235 g/mol. The first-order chi connectivity index (χ1) is 8.18.